The first-order valence-corrected chi connectivity index (χ1v) is 12.5. The number of pyridine rings is 1. The highest BCUT2D eigenvalue weighted by Gasteiger charge is 2.25. The molecule has 1 amide bonds. The van der Waals surface area contributed by atoms with Crippen LogP contribution in [0.3, 0.4) is 0 Å². The van der Waals surface area contributed by atoms with Crippen molar-refractivity contribution < 1.29 is 23.4 Å². The summed E-state index contributed by atoms with van der Waals surface area (Å²) >= 11 is 12.1. The van der Waals surface area contributed by atoms with Crippen molar-refractivity contribution in [3.05, 3.63) is 129 Å². The molecule has 0 aliphatic carbocycles. The molecule has 1 N–H and O–H groups in total. The molecular formula is C29H20Cl2FN3O4. The summed E-state index contributed by atoms with van der Waals surface area (Å²) in [5.41, 5.74) is 2.52. The van der Waals surface area contributed by atoms with E-state index in [9.17, 15) is 19.2 Å². The Hall–Kier alpha value is -4.40. The molecule has 2 aromatic heterocycles. The van der Waals surface area contributed by atoms with Crippen molar-refractivity contribution in [1.82, 2.24) is 4.57 Å². The van der Waals surface area contributed by atoms with Gasteiger partial charge >= 0.3 is 0 Å². The van der Waals surface area contributed by atoms with Crippen molar-refractivity contribution in [1.29, 1.82) is 0 Å². The van der Waals surface area contributed by atoms with E-state index in [0.717, 1.165) is 23.5 Å². The lowest BCUT2D eigenvalue weighted by Crippen LogP contribution is -2.27. The van der Waals surface area contributed by atoms with Gasteiger partial charge in [0.25, 0.3) is 11.7 Å². The number of halogens is 3. The molecule has 3 aromatic carbocycles. The SMILES string of the molecule is O=C(Nc1c(Cl)c[n+]([O-])cc1Cl)C(=O)c1cn(Cc2ccc(F)cc2)c2ccc(OCc3ccccc3)cc12. The van der Waals surface area contributed by atoms with Crippen LogP contribution in [-0.4, -0.2) is 16.3 Å². The first kappa shape index (κ1) is 26.2. The molecule has 0 saturated carbocycles. The number of ether oxygens (including phenoxy) is 1. The van der Waals surface area contributed by atoms with Gasteiger partial charge in [0.15, 0.2) is 0 Å². The maximum Gasteiger partial charge on any atom is 0.296 e. The number of aromatic nitrogens is 2. The number of carbonyl (C=O) groups excluding carboxylic acids is 2. The minimum atomic E-state index is -0.987. The van der Waals surface area contributed by atoms with Crippen molar-refractivity contribution in [2.24, 2.45) is 0 Å². The highest BCUT2D eigenvalue weighted by molar-refractivity contribution is 6.50. The van der Waals surface area contributed by atoms with Crippen LogP contribution < -0.4 is 14.8 Å². The molecular weight excluding hydrogens is 544 g/mol. The van der Waals surface area contributed by atoms with E-state index in [0.29, 0.717) is 34.5 Å². The topological polar surface area (TPSA) is 87.3 Å². The normalized spacial score (nSPS) is 10.9. The van der Waals surface area contributed by atoms with Gasteiger partial charge in [-0.1, -0.05) is 65.7 Å². The summed E-state index contributed by atoms with van der Waals surface area (Å²) in [5.74, 6) is -1.68. The number of Topliss-reactive ketones (excluding diaryl/α,β-unsaturated/α-hetero) is 1. The van der Waals surface area contributed by atoms with Gasteiger partial charge in [0.2, 0.25) is 12.4 Å². The Balaban J connectivity index is 1.49. The monoisotopic (exact) mass is 563 g/mol. The van der Waals surface area contributed by atoms with Gasteiger partial charge in [0.05, 0.1) is 11.3 Å². The molecule has 0 spiro atoms. The largest absolute Gasteiger partial charge is 0.619 e. The quantitative estimate of drug-likeness (QED) is 0.106. The molecule has 5 rings (SSSR count). The number of nitrogens with zero attached hydrogens (tertiary/aromatic N) is 2. The highest BCUT2D eigenvalue weighted by Crippen LogP contribution is 2.30. The van der Waals surface area contributed by atoms with Gasteiger partial charge in [-0.05, 0) is 41.5 Å². The predicted molar refractivity (Wildman–Crippen MR) is 147 cm³/mol. The van der Waals surface area contributed by atoms with E-state index in [1.807, 2.05) is 30.3 Å². The van der Waals surface area contributed by atoms with E-state index in [1.54, 1.807) is 41.1 Å². The van der Waals surface area contributed by atoms with Crippen molar-refractivity contribution in [2.45, 2.75) is 13.2 Å². The van der Waals surface area contributed by atoms with Crippen LogP contribution in [0.15, 0.2) is 91.4 Å². The van der Waals surface area contributed by atoms with Gasteiger partial charge in [-0.3, -0.25) is 9.59 Å². The Morgan fingerprint density at radius 2 is 1.64 bits per heavy atom. The van der Waals surface area contributed by atoms with E-state index >= 15 is 0 Å². The van der Waals surface area contributed by atoms with Crippen molar-refractivity contribution >= 4 is 51.5 Å². The fraction of sp³-hybridized carbons (Fsp3) is 0.0690. The highest BCUT2D eigenvalue weighted by atomic mass is 35.5. The second kappa shape index (κ2) is 11.1. The summed E-state index contributed by atoms with van der Waals surface area (Å²) in [4.78, 5) is 26.4. The lowest BCUT2D eigenvalue weighted by molar-refractivity contribution is -0.605. The molecule has 7 nitrogen and oxygen atoms in total. The van der Waals surface area contributed by atoms with E-state index in [1.165, 1.54) is 12.1 Å². The summed E-state index contributed by atoms with van der Waals surface area (Å²) in [6, 6.07) is 20.9. The third-order valence-electron chi connectivity index (χ3n) is 6.02. The fourth-order valence-corrected chi connectivity index (χ4v) is 4.66. The zero-order valence-corrected chi connectivity index (χ0v) is 21.7. The second-order valence-electron chi connectivity index (χ2n) is 8.72. The number of hydrogen-bond acceptors (Lipinski definition) is 4. The van der Waals surface area contributed by atoms with E-state index < -0.39 is 11.7 Å². The summed E-state index contributed by atoms with van der Waals surface area (Å²) in [6.45, 7) is 0.646. The van der Waals surface area contributed by atoms with Gasteiger partial charge < -0.3 is 19.8 Å². The molecule has 196 valence electrons. The molecule has 5 aromatic rings. The predicted octanol–water partition coefficient (Wildman–Crippen LogP) is 6.17. The van der Waals surface area contributed by atoms with Crippen molar-refractivity contribution in [3.8, 4) is 5.75 Å². The van der Waals surface area contributed by atoms with Crippen LogP contribution in [0.4, 0.5) is 10.1 Å². The minimum absolute atomic E-state index is 0.0503. The number of carbonyl (C=O) groups is 2. The van der Waals surface area contributed by atoms with E-state index in [-0.39, 0.29) is 27.1 Å². The zero-order valence-electron chi connectivity index (χ0n) is 20.2. The third-order valence-corrected chi connectivity index (χ3v) is 6.59. The van der Waals surface area contributed by atoms with Gasteiger partial charge in [0, 0.05) is 23.6 Å². The molecule has 39 heavy (non-hydrogen) atoms. The summed E-state index contributed by atoms with van der Waals surface area (Å²) in [7, 11) is 0. The molecule has 0 aliphatic rings. The Labute approximate surface area is 232 Å². The Bertz CT molecular complexity index is 1670. The lowest BCUT2D eigenvalue weighted by atomic mass is 10.1. The number of nitrogens with one attached hydrogen (secondary N) is 1. The van der Waals surface area contributed by atoms with E-state index in [2.05, 4.69) is 5.32 Å². The maximum atomic E-state index is 13.4. The van der Waals surface area contributed by atoms with Gasteiger partial charge in [-0.2, -0.15) is 4.73 Å². The summed E-state index contributed by atoms with van der Waals surface area (Å²) in [5, 5.41) is 14.2. The zero-order chi connectivity index (χ0) is 27.5. The molecule has 0 unspecified atom stereocenters. The lowest BCUT2D eigenvalue weighted by Gasteiger charge is -2.09. The minimum Gasteiger partial charge on any atom is -0.619 e. The fourth-order valence-electron chi connectivity index (χ4n) is 4.12. The number of benzene rings is 3. The number of anilines is 1. The molecule has 2 heterocycles. The number of ketones is 1. The standard InChI is InChI=1S/C29H20Cl2FN3O4/c30-24-15-35(38)16-25(31)27(24)33-29(37)28(36)23-14-34(13-18-6-8-20(32)9-7-18)26-11-10-21(12-22(23)26)39-17-19-4-2-1-3-5-19/h1-12,14-16H,13,17H2,(H,33,37). The number of fused-ring (bicyclic) bond motifs is 1. The first-order chi connectivity index (χ1) is 18.8. The van der Waals surface area contributed by atoms with Gasteiger partial charge in [-0.15, -0.1) is 0 Å². The molecule has 10 heteroatoms. The van der Waals surface area contributed by atoms with Gasteiger partial charge in [-0.25, -0.2) is 4.39 Å². The van der Waals surface area contributed by atoms with Crippen LogP contribution in [0.1, 0.15) is 21.5 Å². The Morgan fingerprint density at radius 3 is 2.33 bits per heavy atom. The molecule has 0 radical (unpaired) electrons. The summed E-state index contributed by atoms with van der Waals surface area (Å²) in [6.07, 6.45) is 3.59. The van der Waals surface area contributed by atoms with Crippen molar-refractivity contribution in [2.75, 3.05) is 5.32 Å². The molecule has 0 saturated heterocycles. The average molecular weight is 564 g/mol. The van der Waals surface area contributed by atoms with Crippen LogP contribution in [0.2, 0.25) is 10.0 Å². The smallest absolute Gasteiger partial charge is 0.296 e. The average Bonchev–Trinajstić information content (AvgIpc) is 3.28. The third kappa shape index (κ3) is 5.87. The Morgan fingerprint density at radius 1 is 0.949 bits per heavy atom. The number of rotatable bonds is 8. The molecule has 0 aliphatic heterocycles. The number of hydrogen-bond donors (Lipinski definition) is 1. The van der Waals surface area contributed by atoms with Crippen LogP contribution in [0, 0.1) is 11.0 Å². The molecule has 0 atom stereocenters. The van der Waals surface area contributed by atoms with Crippen LogP contribution in [0.25, 0.3) is 10.9 Å². The Kier molecular flexibility index (Phi) is 7.49. The molecule has 0 bridgehead atoms. The summed E-state index contributed by atoms with van der Waals surface area (Å²) < 4.78 is 21.6. The van der Waals surface area contributed by atoms with E-state index in [4.69, 9.17) is 27.9 Å². The van der Waals surface area contributed by atoms with Crippen molar-refractivity contribution in [3.63, 3.8) is 0 Å². The second-order valence-corrected chi connectivity index (χ2v) is 9.54. The van der Waals surface area contributed by atoms with Crippen LogP contribution in [-0.2, 0) is 17.9 Å². The maximum absolute atomic E-state index is 13.4. The molecule has 0 fully saturated rings. The number of amides is 1. The van der Waals surface area contributed by atoms with Crippen LogP contribution >= 0.6 is 23.2 Å². The van der Waals surface area contributed by atoms with Gasteiger partial charge in [0.1, 0.15) is 28.2 Å². The first-order valence-electron chi connectivity index (χ1n) is 11.8. The van der Waals surface area contributed by atoms with Crippen LogP contribution in [0.5, 0.6) is 5.75 Å².